The molecule has 1 atom stereocenters. The van der Waals surface area contributed by atoms with Gasteiger partial charge in [-0.15, -0.1) is 0 Å². The van der Waals surface area contributed by atoms with Gasteiger partial charge in [-0.25, -0.2) is 8.42 Å². The van der Waals surface area contributed by atoms with Gasteiger partial charge in [0.15, 0.2) is 11.5 Å². The summed E-state index contributed by atoms with van der Waals surface area (Å²) in [5.74, 6) is -0.0232. The molecule has 1 N–H and O–H groups in total. The molecule has 11 heteroatoms. The fourth-order valence-corrected chi connectivity index (χ4v) is 5.39. The predicted octanol–water partition coefficient (Wildman–Crippen LogP) is 3.61. The van der Waals surface area contributed by atoms with E-state index < -0.39 is 28.5 Å². The molecule has 4 rings (SSSR count). The molecule has 1 aliphatic heterocycles. The molecule has 0 spiro atoms. The van der Waals surface area contributed by atoms with E-state index in [1.165, 1.54) is 11.0 Å². The number of hydrogen-bond acceptors (Lipinski definition) is 6. The standard InChI is InChI=1S/C28H30ClN3O6S/c1-3-30-28(34)24(15-20-8-5-4-6-9-20)31(17-21-10-7-11-22(29)14-21)27(33)18-32(39(2,35)36)23-12-13-25-26(16-23)38-19-37-25/h4-14,16,24H,3,15,17-19H2,1-2H3,(H,30,34)/t24-/m0/s1. The number of sulfonamides is 1. The van der Waals surface area contributed by atoms with Gasteiger partial charge in [0.1, 0.15) is 12.6 Å². The van der Waals surface area contributed by atoms with E-state index in [4.69, 9.17) is 21.1 Å². The minimum atomic E-state index is -3.89. The molecule has 0 aromatic heterocycles. The summed E-state index contributed by atoms with van der Waals surface area (Å²) in [6, 6.07) is 20.1. The molecule has 9 nitrogen and oxygen atoms in total. The Morgan fingerprint density at radius 2 is 1.69 bits per heavy atom. The number of nitrogens with one attached hydrogen (secondary N) is 1. The number of amides is 2. The van der Waals surface area contributed by atoms with Gasteiger partial charge in [0.2, 0.25) is 28.6 Å². The zero-order chi connectivity index (χ0) is 28.0. The number of anilines is 1. The largest absolute Gasteiger partial charge is 0.454 e. The van der Waals surface area contributed by atoms with Crippen molar-refractivity contribution in [2.24, 2.45) is 0 Å². The highest BCUT2D eigenvalue weighted by Crippen LogP contribution is 2.36. The van der Waals surface area contributed by atoms with E-state index in [1.54, 1.807) is 43.3 Å². The maximum Gasteiger partial charge on any atom is 0.244 e. The number of hydrogen-bond donors (Lipinski definition) is 1. The second-order valence-electron chi connectivity index (χ2n) is 9.06. The van der Waals surface area contributed by atoms with Crippen molar-refractivity contribution in [3.8, 4) is 11.5 Å². The topological polar surface area (TPSA) is 105 Å². The lowest BCUT2D eigenvalue weighted by Crippen LogP contribution is -2.53. The summed E-state index contributed by atoms with van der Waals surface area (Å²) in [5, 5.41) is 3.30. The van der Waals surface area contributed by atoms with Gasteiger partial charge in [0, 0.05) is 30.6 Å². The van der Waals surface area contributed by atoms with Gasteiger partial charge in [-0.2, -0.15) is 0 Å². The van der Waals surface area contributed by atoms with E-state index >= 15 is 0 Å². The highest BCUT2D eigenvalue weighted by atomic mass is 35.5. The highest BCUT2D eigenvalue weighted by molar-refractivity contribution is 7.92. The summed E-state index contributed by atoms with van der Waals surface area (Å²) < 4.78 is 37.5. The second-order valence-corrected chi connectivity index (χ2v) is 11.4. The molecule has 0 radical (unpaired) electrons. The Balaban J connectivity index is 1.72. The molecule has 0 aliphatic carbocycles. The zero-order valence-corrected chi connectivity index (χ0v) is 23.2. The molecule has 0 bridgehead atoms. The normalized spacial score (nSPS) is 13.0. The van der Waals surface area contributed by atoms with Crippen LogP contribution in [0.15, 0.2) is 72.8 Å². The predicted molar refractivity (Wildman–Crippen MR) is 149 cm³/mol. The minimum Gasteiger partial charge on any atom is -0.454 e. The van der Waals surface area contributed by atoms with Crippen LogP contribution in [0.5, 0.6) is 11.5 Å². The molecule has 1 aliphatic rings. The maximum atomic E-state index is 14.0. The van der Waals surface area contributed by atoms with Crippen molar-refractivity contribution < 1.29 is 27.5 Å². The SMILES string of the molecule is CCNC(=O)[C@H](Cc1ccccc1)N(Cc1cccc(Cl)c1)C(=O)CN(c1ccc2c(c1)OCO2)S(C)(=O)=O. The van der Waals surface area contributed by atoms with Gasteiger partial charge in [-0.3, -0.25) is 13.9 Å². The van der Waals surface area contributed by atoms with Crippen LogP contribution in [-0.2, 0) is 32.6 Å². The lowest BCUT2D eigenvalue weighted by atomic mass is 10.0. The Hall–Kier alpha value is -3.76. The van der Waals surface area contributed by atoms with Crippen LogP contribution < -0.4 is 19.1 Å². The van der Waals surface area contributed by atoms with Crippen LogP contribution in [0.1, 0.15) is 18.1 Å². The monoisotopic (exact) mass is 571 g/mol. The number of carbonyl (C=O) groups is 2. The van der Waals surface area contributed by atoms with Crippen molar-refractivity contribution in [3.63, 3.8) is 0 Å². The third-order valence-electron chi connectivity index (χ3n) is 6.19. The number of benzene rings is 3. The molecule has 0 saturated heterocycles. The molecule has 3 aromatic rings. The van der Waals surface area contributed by atoms with Crippen LogP contribution >= 0.6 is 11.6 Å². The first-order valence-corrected chi connectivity index (χ1v) is 14.6. The molecule has 0 unspecified atom stereocenters. The molecule has 1 heterocycles. The van der Waals surface area contributed by atoms with Gasteiger partial charge in [0.05, 0.1) is 11.9 Å². The lowest BCUT2D eigenvalue weighted by molar-refractivity contribution is -0.140. The molecular formula is C28H30ClN3O6S. The van der Waals surface area contributed by atoms with Crippen LogP contribution in [0.2, 0.25) is 5.02 Å². The molecule has 0 fully saturated rings. The van der Waals surface area contributed by atoms with Crippen molar-refractivity contribution in [1.82, 2.24) is 10.2 Å². The lowest BCUT2D eigenvalue weighted by Gasteiger charge is -2.33. The number of ether oxygens (including phenoxy) is 2. The second kappa shape index (κ2) is 12.4. The van der Waals surface area contributed by atoms with Crippen molar-refractivity contribution in [3.05, 3.63) is 88.9 Å². The highest BCUT2D eigenvalue weighted by Gasteiger charge is 2.33. The van der Waals surface area contributed by atoms with Crippen LogP contribution in [0.25, 0.3) is 0 Å². The summed E-state index contributed by atoms with van der Waals surface area (Å²) in [6.45, 7) is 1.72. The first-order chi connectivity index (χ1) is 18.7. The first kappa shape index (κ1) is 28.3. The molecule has 0 saturated carbocycles. The Labute approximate surface area is 233 Å². The Morgan fingerprint density at radius 3 is 2.38 bits per heavy atom. The van der Waals surface area contributed by atoms with Crippen LogP contribution in [0.3, 0.4) is 0 Å². The summed E-state index contributed by atoms with van der Waals surface area (Å²) in [7, 11) is -3.89. The smallest absolute Gasteiger partial charge is 0.244 e. The van der Waals surface area contributed by atoms with E-state index in [0.717, 1.165) is 16.1 Å². The summed E-state index contributed by atoms with van der Waals surface area (Å²) >= 11 is 6.21. The number of halogens is 1. The number of nitrogens with zero attached hydrogens (tertiary/aromatic N) is 2. The maximum absolute atomic E-state index is 14.0. The van der Waals surface area contributed by atoms with E-state index in [-0.39, 0.29) is 31.4 Å². The fourth-order valence-electron chi connectivity index (χ4n) is 4.33. The van der Waals surface area contributed by atoms with E-state index in [2.05, 4.69) is 5.32 Å². The number of fused-ring (bicyclic) bond motifs is 1. The van der Waals surface area contributed by atoms with Gasteiger partial charge in [0.25, 0.3) is 0 Å². The summed E-state index contributed by atoms with van der Waals surface area (Å²) in [4.78, 5) is 28.7. The third kappa shape index (κ3) is 7.21. The van der Waals surface area contributed by atoms with Crippen LogP contribution in [0.4, 0.5) is 5.69 Å². The Morgan fingerprint density at radius 1 is 0.974 bits per heavy atom. The molecule has 3 aromatic carbocycles. The van der Waals surface area contributed by atoms with Crippen molar-refractivity contribution in [2.75, 3.05) is 30.4 Å². The number of likely N-dealkylation sites (N-methyl/N-ethyl adjacent to an activating group) is 1. The average molecular weight is 572 g/mol. The van der Waals surface area contributed by atoms with Gasteiger partial charge >= 0.3 is 0 Å². The van der Waals surface area contributed by atoms with Gasteiger partial charge in [-0.05, 0) is 42.3 Å². The minimum absolute atomic E-state index is 0.0255. The van der Waals surface area contributed by atoms with Crippen molar-refractivity contribution in [2.45, 2.75) is 25.9 Å². The average Bonchev–Trinajstić information content (AvgIpc) is 3.37. The summed E-state index contributed by atoms with van der Waals surface area (Å²) in [5.41, 5.74) is 1.80. The quantitative estimate of drug-likeness (QED) is 0.377. The van der Waals surface area contributed by atoms with Crippen molar-refractivity contribution >= 4 is 39.1 Å². The fraction of sp³-hybridized carbons (Fsp3) is 0.286. The number of carbonyl (C=O) groups excluding carboxylic acids is 2. The Bertz CT molecular complexity index is 1430. The number of rotatable bonds is 11. The Kier molecular flexibility index (Phi) is 8.98. The van der Waals surface area contributed by atoms with Crippen molar-refractivity contribution in [1.29, 1.82) is 0 Å². The first-order valence-electron chi connectivity index (χ1n) is 12.4. The van der Waals surface area contributed by atoms with E-state index in [1.807, 2.05) is 30.3 Å². The molecule has 206 valence electrons. The third-order valence-corrected chi connectivity index (χ3v) is 7.56. The van der Waals surface area contributed by atoms with Gasteiger partial charge in [-0.1, -0.05) is 54.1 Å². The molecule has 2 amide bonds. The van der Waals surface area contributed by atoms with E-state index in [9.17, 15) is 18.0 Å². The van der Waals surface area contributed by atoms with E-state index in [0.29, 0.717) is 28.6 Å². The van der Waals surface area contributed by atoms with Crippen LogP contribution in [-0.4, -0.2) is 57.3 Å². The molecule has 39 heavy (non-hydrogen) atoms. The molecular weight excluding hydrogens is 542 g/mol. The van der Waals surface area contributed by atoms with Crippen LogP contribution in [0, 0.1) is 0 Å². The summed E-state index contributed by atoms with van der Waals surface area (Å²) in [6.07, 6.45) is 1.26. The zero-order valence-electron chi connectivity index (χ0n) is 21.7. The van der Waals surface area contributed by atoms with Gasteiger partial charge < -0.3 is 19.7 Å².